The van der Waals surface area contributed by atoms with E-state index in [-0.39, 0.29) is 16.9 Å². The van der Waals surface area contributed by atoms with Crippen LogP contribution in [0.5, 0.6) is 0 Å². The van der Waals surface area contributed by atoms with Crippen molar-refractivity contribution in [2.75, 3.05) is 5.73 Å². The van der Waals surface area contributed by atoms with Crippen molar-refractivity contribution in [1.29, 1.82) is 0 Å². The number of nitrogen functional groups attached to an aromatic ring is 1. The Bertz CT molecular complexity index is 1400. The molecule has 1 aliphatic heterocycles. The number of pyridine rings is 1. The molecule has 0 unspecified atom stereocenters. The van der Waals surface area contributed by atoms with Gasteiger partial charge < -0.3 is 10.2 Å². The van der Waals surface area contributed by atoms with Gasteiger partial charge in [-0.05, 0) is 31.2 Å². The standard InChI is InChI=1S/C21H14N4O4/c1-10-2-4-11(5-3-10)21-23-14-7-6-12(8-15(14)29-21)25-16(26)9-13-17(18(25)22)20(28)24-19(13)27/h2-9H,22H2,1H3,(H,24,27,28). The molecule has 0 saturated carbocycles. The number of hydrogen-bond donors (Lipinski definition) is 2. The first-order chi connectivity index (χ1) is 13.9. The van der Waals surface area contributed by atoms with Crippen molar-refractivity contribution in [3.8, 4) is 17.1 Å². The van der Waals surface area contributed by atoms with Gasteiger partial charge in [-0.1, -0.05) is 17.7 Å². The lowest BCUT2D eigenvalue weighted by atomic mass is 10.1. The number of nitrogens with two attached hydrogens (primary N) is 1. The Labute approximate surface area is 163 Å². The van der Waals surface area contributed by atoms with E-state index >= 15 is 0 Å². The smallest absolute Gasteiger partial charge is 0.262 e. The van der Waals surface area contributed by atoms with Crippen LogP contribution >= 0.6 is 0 Å². The van der Waals surface area contributed by atoms with Crippen LogP contribution in [0.2, 0.25) is 0 Å². The zero-order valence-corrected chi connectivity index (χ0v) is 15.2. The number of carbonyl (C=O) groups is 2. The Kier molecular flexibility index (Phi) is 3.44. The summed E-state index contributed by atoms with van der Waals surface area (Å²) in [6.07, 6.45) is 0. The second-order valence-electron chi connectivity index (χ2n) is 6.81. The first-order valence-corrected chi connectivity index (χ1v) is 8.81. The van der Waals surface area contributed by atoms with E-state index in [9.17, 15) is 14.4 Å². The highest BCUT2D eigenvalue weighted by Crippen LogP contribution is 2.28. The maximum Gasteiger partial charge on any atom is 0.262 e. The molecule has 0 bridgehead atoms. The van der Waals surface area contributed by atoms with Gasteiger partial charge in [0.15, 0.2) is 5.58 Å². The Balaban J connectivity index is 1.66. The van der Waals surface area contributed by atoms with Gasteiger partial charge in [0, 0.05) is 17.7 Å². The molecular formula is C21H14N4O4. The molecule has 0 fully saturated rings. The zero-order valence-electron chi connectivity index (χ0n) is 15.2. The normalized spacial score (nSPS) is 13.0. The zero-order chi connectivity index (χ0) is 20.3. The lowest BCUT2D eigenvalue weighted by Crippen LogP contribution is -2.24. The topological polar surface area (TPSA) is 120 Å². The number of anilines is 1. The number of aryl methyl sites for hydroxylation is 1. The van der Waals surface area contributed by atoms with Gasteiger partial charge in [0.2, 0.25) is 5.89 Å². The summed E-state index contributed by atoms with van der Waals surface area (Å²) in [4.78, 5) is 40.9. The van der Waals surface area contributed by atoms with Crippen LogP contribution in [0.4, 0.5) is 5.82 Å². The van der Waals surface area contributed by atoms with E-state index in [1.165, 1.54) is 4.57 Å². The van der Waals surface area contributed by atoms with Crippen LogP contribution in [-0.2, 0) is 0 Å². The number of benzene rings is 2. The van der Waals surface area contributed by atoms with Crippen molar-refractivity contribution in [3.05, 3.63) is 75.6 Å². The quantitative estimate of drug-likeness (QED) is 0.511. The summed E-state index contributed by atoms with van der Waals surface area (Å²) in [5, 5.41) is 2.15. The number of imide groups is 1. The predicted molar refractivity (Wildman–Crippen MR) is 106 cm³/mol. The summed E-state index contributed by atoms with van der Waals surface area (Å²) in [7, 11) is 0. The number of aromatic nitrogens is 2. The number of rotatable bonds is 2. The van der Waals surface area contributed by atoms with Crippen molar-refractivity contribution in [2.24, 2.45) is 0 Å². The predicted octanol–water partition coefficient (Wildman–Crippen LogP) is 2.42. The number of nitrogens with zero attached hydrogens (tertiary/aromatic N) is 2. The molecule has 8 nitrogen and oxygen atoms in total. The molecule has 0 spiro atoms. The van der Waals surface area contributed by atoms with E-state index in [1.807, 2.05) is 31.2 Å². The summed E-state index contributed by atoms with van der Waals surface area (Å²) < 4.78 is 7.04. The van der Waals surface area contributed by atoms with E-state index < -0.39 is 17.4 Å². The van der Waals surface area contributed by atoms with Crippen molar-refractivity contribution < 1.29 is 14.0 Å². The monoisotopic (exact) mass is 386 g/mol. The highest BCUT2D eigenvalue weighted by molar-refractivity contribution is 6.23. The third kappa shape index (κ3) is 2.53. The van der Waals surface area contributed by atoms with Gasteiger partial charge in [0.1, 0.15) is 11.3 Å². The molecule has 29 heavy (non-hydrogen) atoms. The maximum absolute atomic E-state index is 12.6. The fourth-order valence-electron chi connectivity index (χ4n) is 3.42. The lowest BCUT2D eigenvalue weighted by Gasteiger charge is -2.11. The Morgan fingerprint density at radius 3 is 2.52 bits per heavy atom. The SMILES string of the molecule is Cc1ccc(-c2nc3ccc(-n4c(N)c5c(cc4=O)C(=O)NC5=O)cc3o2)cc1. The van der Waals surface area contributed by atoms with Crippen LogP contribution < -0.4 is 16.6 Å². The Hall–Kier alpha value is -4.20. The summed E-state index contributed by atoms with van der Waals surface area (Å²) in [5.74, 6) is -0.905. The minimum atomic E-state index is -0.630. The highest BCUT2D eigenvalue weighted by atomic mass is 16.3. The highest BCUT2D eigenvalue weighted by Gasteiger charge is 2.31. The average Bonchev–Trinajstić information content (AvgIpc) is 3.23. The molecule has 4 aromatic rings. The number of oxazole rings is 1. The van der Waals surface area contributed by atoms with Crippen molar-refractivity contribution in [1.82, 2.24) is 14.9 Å². The number of fused-ring (bicyclic) bond motifs is 2. The van der Waals surface area contributed by atoms with E-state index in [0.29, 0.717) is 22.7 Å². The molecule has 142 valence electrons. The Morgan fingerprint density at radius 2 is 1.76 bits per heavy atom. The van der Waals surface area contributed by atoms with Crippen molar-refractivity contribution >= 4 is 28.7 Å². The van der Waals surface area contributed by atoms with Crippen LogP contribution in [-0.4, -0.2) is 21.4 Å². The Morgan fingerprint density at radius 1 is 1.00 bits per heavy atom. The number of amides is 2. The number of carbonyl (C=O) groups excluding carboxylic acids is 2. The average molecular weight is 386 g/mol. The summed E-state index contributed by atoms with van der Waals surface area (Å²) in [5.41, 5.74) is 8.97. The fourth-order valence-corrected chi connectivity index (χ4v) is 3.42. The molecule has 0 atom stereocenters. The molecule has 8 heteroatoms. The van der Waals surface area contributed by atoms with Gasteiger partial charge in [-0.25, -0.2) is 4.98 Å². The van der Waals surface area contributed by atoms with Gasteiger partial charge in [-0.15, -0.1) is 0 Å². The van der Waals surface area contributed by atoms with Crippen molar-refractivity contribution in [3.63, 3.8) is 0 Å². The molecule has 3 N–H and O–H groups in total. The third-order valence-electron chi connectivity index (χ3n) is 4.88. The van der Waals surface area contributed by atoms with Crippen LogP contribution in [0.1, 0.15) is 26.3 Å². The second-order valence-corrected chi connectivity index (χ2v) is 6.81. The molecule has 0 saturated heterocycles. The molecule has 1 aliphatic rings. The van der Waals surface area contributed by atoms with Gasteiger partial charge in [-0.2, -0.15) is 0 Å². The third-order valence-corrected chi connectivity index (χ3v) is 4.88. The van der Waals surface area contributed by atoms with E-state index in [1.54, 1.807) is 18.2 Å². The molecule has 2 aromatic heterocycles. The molecule has 2 amide bonds. The van der Waals surface area contributed by atoms with Gasteiger partial charge in [0.25, 0.3) is 17.4 Å². The van der Waals surface area contributed by atoms with Crippen LogP contribution in [0, 0.1) is 6.92 Å². The molecule has 2 aromatic carbocycles. The number of nitrogens with one attached hydrogen (secondary N) is 1. The van der Waals surface area contributed by atoms with Crippen LogP contribution in [0.15, 0.2) is 57.7 Å². The molecule has 0 radical (unpaired) electrons. The van der Waals surface area contributed by atoms with Crippen LogP contribution in [0.25, 0.3) is 28.2 Å². The van der Waals surface area contributed by atoms with Crippen molar-refractivity contribution in [2.45, 2.75) is 6.92 Å². The first kappa shape index (κ1) is 16.9. The minimum absolute atomic E-state index is 0.00684. The fraction of sp³-hybridized carbons (Fsp3) is 0.0476. The minimum Gasteiger partial charge on any atom is -0.436 e. The molecule has 5 rings (SSSR count). The first-order valence-electron chi connectivity index (χ1n) is 8.81. The lowest BCUT2D eigenvalue weighted by molar-refractivity contribution is 0.0880. The van der Waals surface area contributed by atoms with Gasteiger partial charge in [-0.3, -0.25) is 24.3 Å². The van der Waals surface area contributed by atoms with E-state index in [4.69, 9.17) is 10.2 Å². The molecular weight excluding hydrogens is 372 g/mol. The number of hydrogen-bond acceptors (Lipinski definition) is 6. The van der Waals surface area contributed by atoms with Gasteiger partial charge in [0.05, 0.1) is 16.8 Å². The van der Waals surface area contributed by atoms with Crippen LogP contribution in [0.3, 0.4) is 0 Å². The van der Waals surface area contributed by atoms with E-state index in [0.717, 1.165) is 17.2 Å². The maximum atomic E-state index is 12.6. The molecule has 3 heterocycles. The largest absolute Gasteiger partial charge is 0.436 e. The summed E-state index contributed by atoms with van der Waals surface area (Å²) in [6, 6.07) is 13.9. The van der Waals surface area contributed by atoms with E-state index in [2.05, 4.69) is 10.3 Å². The second kappa shape index (κ2) is 5.90. The van der Waals surface area contributed by atoms with Gasteiger partial charge >= 0.3 is 0 Å². The summed E-state index contributed by atoms with van der Waals surface area (Å²) >= 11 is 0. The molecule has 0 aliphatic carbocycles. The summed E-state index contributed by atoms with van der Waals surface area (Å²) in [6.45, 7) is 1.99.